The molecule has 0 aliphatic carbocycles. The third-order valence-electron chi connectivity index (χ3n) is 4.72. The van der Waals surface area contributed by atoms with Gasteiger partial charge in [0, 0.05) is 32.8 Å². The van der Waals surface area contributed by atoms with Crippen molar-refractivity contribution in [3.8, 4) is 5.75 Å². The number of rotatable bonds is 10. The molecule has 0 atom stereocenters. The van der Waals surface area contributed by atoms with Gasteiger partial charge >= 0.3 is 0 Å². The Morgan fingerprint density at radius 2 is 2.00 bits per heavy atom. The first-order chi connectivity index (χ1) is 13.6. The van der Waals surface area contributed by atoms with E-state index in [-0.39, 0.29) is 12.4 Å². The van der Waals surface area contributed by atoms with E-state index in [9.17, 15) is 8.78 Å². The number of halogens is 2. The predicted molar refractivity (Wildman–Crippen MR) is 107 cm³/mol. The highest BCUT2D eigenvalue weighted by atomic mass is 19.1. The number of methoxy groups -OCH3 is 1. The molecule has 0 bridgehead atoms. The van der Waals surface area contributed by atoms with E-state index in [2.05, 4.69) is 20.5 Å². The topological polar surface area (TPSA) is 58.1 Å². The number of benzene rings is 1. The zero-order valence-electron chi connectivity index (χ0n) is 16.8. The standard InChI is InChI=1S/C20H32F2N4O2/c1-3-23-20(24-8-12-28-19-5-4-17(21)14-18(19)22)25-15-16-6-9-26(10-7-16)11-13-27-2/h4-5,14,16H,3,6-13,15H2,1-2H3,(H2,23,24,25). The first-order valence-corrected chi connectivity index (χ1v) is 9.93. The maximum absolute atomic E-state index is 13.5. The smallest absolute Gasteiger partial charge is 0.191 e. The van der Waals surface area contributed by atoms with Gasteiger partial charge in [-0.1, -0.05) is 0 Å². The van der Waals surface area contributed by atoms with E-state index in [0.29, 0.717) is 12.5 Å². The Morgan fingerprint density at radius 3 is 2.68 bits per heavy atom. The summed E-state index contributed by atoms with van der Waals surface area (Å²) in [7, 11) is 1.73. The lowest BCUT2D eigenvalue weighted by Crippen LogP contribution is -2.40. The van der Waals surface area contributed by atoms with Crippen molar-refractivity contribution < 1.29 is 18.3 Å². The molecule has 0 aromatic heterocycles. The molecule has 1 fully saturated rings. The van der Waals surface area contributed by atoms with Gasteiger partial charge in [-0.15, -0.1) is 0 Å². The second kappa shape index (κ2) is 12.5. The van der Waals surface area contributed by atoms with E-state index in [1.807, 2.05) is 6.92 Å². The molecule has 0 unspecified atom stereocenters. The lowest BCUT2D eigenvalue weighted by atomic mass is 9.97. The number of guanidine groups is 1. The fourth-order valence-corrected chi connectivity index (χ4v) is 3.10. The van der Waals surface area contributed by atoms with Crippen molar-refractivity contribution in [3.05, 3.63) is 29.8 Å². The second-order valence-corrected chi connectivity index (χ2v) is 6.85. The molecule has 28 heavy (non-hydrogen) atoms. The molecule has 1 heterocycles. The highest BCUT2D eigenvalue weighted by Gasteiger charge is 2.18. The molecular weight excluding hydrogens is 366 g/mol. The van der Waals surface area contributed by atoms with E-state index in [0.717, 1.165) is 64.2 Å². The molecular formula is C20H32F2N4O2. The molecule has 2 N–H and O–H groups in total. The van der Waals surface area contributed by atoms with Gasteiger partial charge in [-0.3, -0.25) is 4.99 Å². The summed E-state index contributed by atoms with van der Waals surface area (Å²) in [6.45, 7) is 8.22. The highest BCUT2D eigenvalue weighted by molar-refractivity contribution is 5.79. The molecule has 6 nitrogen and oxygen atoms in total. The van der Waals surface area contributed by atoms with Crippen LogP contribution in [-0.4, -0.2) is 70.5 Å². The molecule has 1 aliphatic rings. The fourth-order valence-electron chi connectivity index (χ4n) is 3.10. The molecule has 0 spiro atoms. The number of nitrogens with zero attached hydrogens (tertiary/aromatic N) is 2. The van der Waals surface area contributed by atoms with Crippen LogP contribution < -0.4 is 15.4 Å². The molecule has 1 aliphatic heterocycles. The monoisotopic (exact) mass is 398 g/mol. The summed E-state index contributed by atoms with van der Waals surface area (Å²) in [6, 6.07) is 3.29. The number of hydrogen-bond donors (Lipinski definition) is 2. The van der Waals surface area contributed by atoms with Crippen LogP contribution in [0.3, 0.4) is 0 Å². The Bertz CT molecular complexity index is 608. The maximum atomic E-state index is 13.5. The van der Waals surface area contributed by atoms with Gasteiger partial charge < -0.3 is 25.0 Å². The molecule has 1 aromatic carbocycles. The molecule has 0 radical (unpaired) electrons. The number of ether oxygens (including phenoxy) is 2. The van der Waals surface area contributed by atoms with Crippen molar-refractivity contribution in [3.63, 3.8) is 0 Å². The van der Waals surface area contributed by atoms with Crippen molar-refractivity contribution in [1.82, 2.24) is 15.5 Å². The molecule has 0 saturated carbocycles. The zero-order valence-corrected chi connectivity index (χ0v) is 16.8. The van der Waals surface area contributed by atoms with Crippen LogP contribution in [0.4, 0.5) is 8.78 Å². The minimum Gasteiger partial charge on any atom is -0.489 e. The molecule has 158 valence electrons. The van der Waals surface area contributed by atoms with Crippen molar-refractivity contribution >= 4 is 5.96 Å². The van der Waals surface area contributed by atoms with E-state index in [1.165, 1.54) is 12.1 Å². The average molecular weight is 398 g/mol. The van der Waals surface area contributed by atoms with E-state index >= 15 is 0 Å². The van der Waals surface area contributed by atoms with Crippen molar-refractivity contribution in [1.29, 1.82) is 0 Å². The Balaban J connectivity index is 1.70. The number of likely N-dealkylation sites (tertiary alicyclic amines) is 1. The van der Waals surface area contributed by atoms with Crippen LogP contribution in [0.25, 0.3) is 0 Å². The molecule has 1 saturated heterocycles. The largest absolute Gasteiger partial charge is 0.489 e. The maximum Gasteiger partial charge on any atom is 0.191 e. The Morgan fingerprint density at radius 1 is 1.21 bits per heavy atom. The van der Waals surface area contributed by atoms with Crippen molar-refractivity contribution in [2.24, 2.45) is 10.9 Å². The second-order valence-electron chi connectivity index (χ2n) is 6.85. The van der Waals surface area contributed by atoms with Gasteiger partial charge in [-0.05, 0) is 50.9 Å². The summed E-state index contributed by atoms with van der Waals surface area (Å²) < 4.78 is 36.9. The predicted octanol–water partition coefficient (Wildman–Crippen LogP) is 2.26. The third-order valence-corrected chi connectivity index (χ3v) is 4.72. The Hall–Kier alpha value is -1.93. The highest BCUT2D eigenvalue weighted by Crippen LogP contribution is 2.18. The average Bonchev–Trinajstić information content (AvgIpc) is 2.69. The SMILES string of the molecule is CCNC(=NCC1CCN(CCOC)CC1)NCCOc1ccc(F)cc1F. The minimum atomic E-state index is -0.697. The zero-order chi connectivity index (χ0) is 20.2. The molecule has 2 rings (SSSR count). The molecule has 1 aromatic rings. The normalized spacial score (nSPS) is 16.2. The summed E-state index contributed by atoms with van der Waals surface area (Å²) in [5.41, 5.74) is 0. The summed E-state index contributed by atoms with van der Waals surface area (Å²) >= 11 is 0. The van der Waals surface area contributed by atoms with Crippen LogP contribution in [-0.2, 0) is 4.74 Å². The summed E-state index contributed by atoms with van der Waals surface area (Å²) in [5, 5.41) is 6.40. The van der Waals surface area contributed by atoms with Gasteiger partial charge in [0.05, 0.1) is 13.2 Å². The van der Waals surface area contributed by atoms with Gasteiger partial charge in [0.25, 0.3) is 0 Å². The minimum absolute atomic E-state index is 0.0466. The van der Waals surface area contributed by atoms with E-state index in [1.54, 1.807) is 7.11 Å². The van der Waals surface area contributed by atoms with Crippen LogP contribution in [0, 0.1) is 17.6 Å². The van der Waals surface area contributed by atoms with Gasteiger partial charge in [0.1, 0.15) is 12.4 Å². The number of piperidine rings is 1. The molecule has 0 amide bonds. The quantitative estimate of drug-likeness (QED) is 0.360. The fraction of sp³-hybridized carbons (Fsp3) is 0.650. The van der Waals surface area contributed by atoms with Crippen LogP contribution in [0.2, 0.25) is 0 Å². The summed E-state index contributed by atoms with van der Waals surface area (Å²) in [4.78, 5) is 7.10. The van der Waals surface area contributed by atoms with Gasteiger partial charge in [-0.25, -0.2) is 8.78 Å². The van der Waals surface area contributed by atoms with E-state index in [4.69, 9.17) is 9.47 Å². The van der Waals surface area contributed by atoms with Crippen LogP contribution in [0.1, 0.15) is 19.8 Å². The van der Waals surface area contributed by atoms with Gasteiger partial charge in [0.2, 0.25) is 0 Å². The number of aliphatic imine (C=N–C) groups is 1. The number of hydrogen-bond acceptors (Lipinski definition) is 4. The summed E-state index contributed by atoms with van der Waals surface area (Å²) in [6.07, 6.45) is 2.28. The Kier molecular flexibility index (Phi) is 9.99. The third kappa shape index (κ3) is 7.98. The van der Waals surface area contributed by atoms with Gasteiger partial charge in [-0.2, -0.15) is 0 Å². The number of nitrogens with one attached hydrogen (secondary N) is 2. The van der Waals surface area contributed by atoms with E-state index < -0.39 is 11.6 Å². The van der Waals surface area contributed by atoms with Crippen molar-refractivity contribution in [2.75, 3.05) is 59.6 Å². The van der Waals surface area contributed by atoms with Gasteiger partial charge in [0.15, 0.2) is 17.5 Å². The lowest BCUT2D eigenvalue weighted by Gasteiger charge is -2.31. The van der Waals surface area contributed by atoms with Crippen LogP contribution in [0.5, 0.6) is 5.75 Å². The Labute approximate surface area is 166 Å². The first kappa shape index (κ1) is 22.4. The van der Waals surface area contributed by atoms with Crippen molar-refractivity contribution in [2.45, 2.75) is 19.8 Å². The summed E-state index contributed by atoms with van der Waals surface area (Å²) in [5.74, 6) is 0.0446. The van der Waals surface area contributed by atoms with Crippen LogP contribution >= 0.6 is 0 Å². The van der Waals surface area contributed by atoms with Crippen LogP contribution in [0.15, 0.2) is 23.2 Å². The molecule has 8 heteroatoms. The first-order valence-electron chi connectivity index (χ1n) is 9.93. The lowest BCUT2D eigenvalue weighted by molar-refractivity contribution is 0.121.